The highest BCUT2D eigenvalue weighted by molar-refractivity contribution is 5.92. The molecule has 0 aromatic carbocycles. The van der Waals surface area contributed by atoms with E-state index >= 15 is 0 Å². The van der Waals surface area contributed by atoms with Crippen LogP contribution in [0.3, 0.4) is 0 Å². The van der Waals surface area contributed by atoms with E-state index in [1.54, 1.807) is 0 Å². The average molecular weight is 216 g/mol. The molecule has 0 fully saturated rings. The molecule has 4 atom stereocenters. The average Bonchev–Trinajstić information content (AvgIpc) is 2.15. The molecule has 0 aliphatic rings. The topological polar surface area (TPSA) is 91.7 Å². The van der Waals surface area contributed by atoms with Gasteiger partial charge in [0.1, 0.15) is 23.8 Å². The molecular weight excluding hydrogens is 200 g/mol. The summed E-state index contributed by atoms with van der Waals surface area (Å²) >= 11 is 0. The Bertz CT molecular complexity index is 261. The molecule has 0 saturated carbocycles. The second kappa shape index (κ2) is 5.72. The molecule has 0 aromatic rings. The zero-order chi connectivity index (χ0) is 12.2. The monoisotopic (exact) mass is 216 g/mol. The Morgan fingerprint density at radius 1 is 1.07 bits per heavy atom. The van der Waals surface area contributed by atoms with Crippen molar-refractivity contribution in [2.75, 3.05) is 0 Å². The summed E-state index contributed by atoms with van der Waals surface area (Å²) in [6.07, 6.45) is -2.65. The number of rotatable bonds is 6. The third kappa shape index (κ3) is 3.53. The summed E-state index contributed by atoms with van der Waals surface area (Å²) in [6, 6.07) is 0. The number of ketones is 2. The number of hydrogen-bond donors (Lipinski definition) is 2. The Labute approximate surface area is 88.1 Å². The van der Waals surface area contributed by atoms with Crippen LogP contribution in [0, 0.1) is 11.8 Å². The van der Waals surface area contributed by atoms with Crippen LogP contribution < -0.4 is 0 Å². The second-order valence-corrected chi connectivity index (χ2v) is 3.65. The zero-order valence-corrected chi connectivity index (χ0v) is 9.01. The summed E-state index contributed by atoms with van der Waals surface area (Å²) in [5.41, 5.74) is 0. The van der Waals surface area contributed by atoms with Crippen LogP contribution in [0.25, 0.3) is 0 Å². The second-order valence-electron chi connectivity index (χ2n) is 3.65. The molecule has 0 heterocycles. The summed E-state index contributed by atoms with van der Waals surface area (Å²) in [5.74, 6) is -2.93. The first-order chi connectivity index (χ1) is 6.82. The molecule has 2 N–H and O–H groups in total. The lowest BCUT2D eigenvalue weighted by Gasteiger charge is -2.24. The Morgan fingerprint density at radius 3 is 1.80 bits per heavy atom. The summed E-state index contributed by atoms with van der Waals surface area (Å²) in [6.45, 7) is 3.84. The number of carbonyl (C=O) groups is 3. The molecule has 0 aliphatic carbocycles. The largest absolute Gasteiger partial charge is 0.390 e. The van der Waals surface area contributed by atoms with Crippen LogP contribution in [-0.2, 0) is 14.4 Å². The molecule has 0 aliphatic heterocycles. The molecule has 0 radical (unpaired) electrons. The number of aliphatic hydroxyl groups is 2. The first-order valence-electron chi connectivity index (χ1n) is 4.65. The predicted octanol–water partition coefficient (Wildman–Crippen LogP) is -0.663. The highest BCUT2D eigenvalue weighted by atomic mass is 16.3. The van der Waals surface area contributed by atoms with Crippen molar-refractivity contribution in [3.63, 3.8) is 0 Å². The first kappa shape index (κ1) is 13.9. The van der Waals surface area contributed by atoms with Crippen molar-refractivity contribution in [2.24, 2.45) is 11.8 Å². The van der Waals surface area contributed by atoms with Crippen molar-refractivity contribution < 1.29 is 24.6 Å². The third-order valence-electron chi connectivity index (χ3n) is 2.49. The fraction of sp³-hybridized carbons (Fsp3) is 0.700. The minimum Gasteiger partial charge on any atom is -0.390 e. The van der Waals surface area contributed by atoms with Crippen molar-refractivity contribution >= 4 is 17.9 Å². The van der Waals surface area contributed by atoms with Gasteiger partial charge in [0.15, 0.2) is 0 Å². The van der Waals surface area contributed by atoms with Crippen LogP contribution in [0.2, 0.25) is 0 Å². The van der Waals surface area contributed by atoms with Gasteiger partial charge < -0.3 is 15.0 Å². The van der Waals surface area contributed by atoms with Crippen molar-refractivity contribution in [2.45, 2.75) is 33.0 Å². The molecule has 15 heavy (non-hydrogen) atoms. The van der Waals surface area contributed by atoms with Gasteiger partial charge >= 0.3 is 0 Å². The Morgan fingerprint density at radius 2 is 1.53 bits per heavy atom. The van der Waals surface area contributed by atoms with Crippen LogP contribution in [-0.4, -0.2) is 40.3 Å². The molecule has 86 valence electrons. The molecule has 0 spiro atoms. The Balaban J connectivity index is 4.67. The maximum atomic E-state index is 10.9. The molecule has 0 rings (SSSR count). The van der Waals surface area contributed by atoms with Crippen LogP contribution in [0.4, 0.5) is 0 Å². The van der Waals surface area contributed by atoms with E-state index in [1.807, 2.05) is 0 Å². The fourth-order valence-electron chi connectivity index (χ4n) is 1.17. The number of hydrogen-bond acceptors (Lipinski definition) is 5. The highest BCUT2D eigenvalue weighted by Gasteiger charge is 2.34. The van der Waals surface area contributed by atoms with Gasteiger partial charge in [0, 0.05) is 5.92 Å². The maximum absolute atomic E-state index is 10.9. The van der Waals surface area contributed by atoms with E-state index in [2.05, 4.69) is 0 Å². The van der Waals surface area contributed by atoms with Gasteiger partial charge in [-0.2, -0.15) is 0 Å². The summed E-state index contributed by atoms with van der Waals surface area (Å²) < 4.78 is 0. The standard InChI is InChI=1S/C10H16O5/c1-5(6(2)12)9(14)10(15)8(4-11)7(3)13/h4-5,8-10,14-15H,1-3H3/t5-,8-,9+,10+/m1/s1. The molecule has 0 amide bonds. The van der Waals surface area contributed by atoms with E-state index in [1.165, 1.54) is 13.8 Å². The van der Waals surface area contributed by atoms with E-state index in [9.17, 15) is 24.6 Å². The minimum absolute atomic E-state index is 0.281. The molecule has 0 saturated heterocycles. The molecular formula is C10H16O5. The van der Waals surface area contributed by atoms with Gasteiger partial charge in [-0.1, -0.05) is 6.92 Å². The van der Waals surface area contributed by atoms with Crippen LogP contribution in [0.5, 0.6) is 0 Å². The van der Waals surface area contributed by atoms with Gasteiger partial charge in [-0.05, 0) is 13.8 Å². The Kier molecular flexibility index (Phi) is 5.32. The zero-order valence-electron chi connectivity index (χ0n) is 9.01. The fourth-order valence-corrected chi connectivity index (χ4v) is 1.17. The smallest absolute Gasteiger partial charge is 0.142 e. The minimum atomic E-state index is -1.53. The van der Waals surface area contributed by atoms with Crippen LogP contribution in [0.1, 0.15) is 20.8 Å². The SMILES string of the molecule is CC(=O)[C@@H](C)[C@H](O)[C@@H](O)[C@H](C=O)C(C)=O. The van der Waals surface area contributed by atoms with Gasteiger partial charge in [0.2, 0.25) is 0 Å². The normalized spacial score (nSPS) is 18.7. The predicted molar refractivity (Wildman–Crippen MR) is 52.1 cm³/mol. The van der Waals surface area contributed by atoms with E-state index in [0.29, 0.717) is 0 Å². The van der Waals surface area contributed by atoms with E-state index in [-0.39, 0.29) is 12.1 Å². The van der Waals surface area contributed by atoms with Gasteiger partial charge in [-0.25, -0.2) is 0 Å². The highest BCUT2D eigenvalue weighted by Crippen LogP contribution is 2.15. The molecule has 0 bridgehead atoms. The summed E-state index contributed by atoms with van der Waals surface area (Å²) in [5, 5.41) is 19.0. The van der Waals surface area contributed by atoms with Crippen molar-refractivity contribution in [1.82, 2.24) is 0 Å². The number of aldehydes is 1. The number of aliphatic hydroxyl groups excluding tert-OH is 2. The van der Waals surface area contributed by atoms with Crippen molar-refractivity contribution in [3.05, 3.63) is 0 Å². The quantitative estimate of drug-likeness (QED) is 0.454. The summed E-state index contributed by atoms with van der Waals surface area (Å²) in [7, 11) is 0. The third-order valence-corrected chi connectivity index (χ3v) is 2.49. The number of carbonyl (C=O) groups excluding carboxylic acids is 3. The molecule has 5 nitrogen and oxygen atoms in total. The molecule has 0 aromatic heterocycles. The van der Waals surface area contributed by atoms with Gasteiger partial charge in [0.25, 0.3) is 0 Å². The summed E-state index contributed by atoms with van der Waals surface area (Å²) in [4.78, 5) is 32.4. The Hall–Kier alpha value is -1.07. The van der Waals surface area contributed by atoms with Crippen molar-refractivity contribution in [1.29, 1.82) is 0 Å². The number of Topliss-reactive ketones (excluding diaryl/α,β-unsaturated/α-hetero) is 2. The van der Waals surface area contributed by atoms with Gasteiger partial charge in [-0.3, -0.25) is 9.59 Å². The van der Waals surface area contributed by atoms with E-state index < -0.39 is 29.8 Å². The lowest BCUT2D eigenvalue weighted by Crippen LogP contribution is -2.43. The van der Waals surface area contributed by atoms with Crippen LogP contribution >= 0.6 is 0 Å². The van der Waals surface area contributed by atoms with Gasteiger partial charge in [0.05, 0.1) is 12.2 Å². The van der Waals surface area contributed by atoms with Crippen LogP contribution in [0.15, 0.2) is 0 Å². The first-order valence-corrected chi connectivity index (χ1v) is 4.65. The molecule has 5 heteroatoms. The van der Waals surface area contributed by atoms with Gasteiger partial charge in [-0.15, -0.1) is 0 Å². The lowest BCUT2D eigenvalue weighted by molar-refractivity contribution is -0.140. The lowest BCUT2D eigenvalue weighted by atomic mass is 9.88. The molecule has 0 unspecified atom stereocenters. The van der Waals surface area contributed by atoms with E-state index in [0.717, 1.165) is 6.92 Å². The van der Waals surface area contributed by atoms with Crippen molar-refractivity contribution in [3.8, 4) is 0 Å². The van der Waals surface area contributed by atoms with E-state index in [4.69, 9.17) is 0 Å². The maximum Gasteiger partial charge on any atom is 0.142 e.